The van der Waals surface area contributed by atoms with Gasteiger partial charge in [0.1, 0.15) is 5.82 Å². The van der Waals surface area contributed by atoms with Crippen molar-refractivity contribution < 1.29 is 9.18 Å². The van der Waals surface area contributed by atoms with Crippen molar-refractivity contribution in [1.29, 1.82) is 5.41 Å². The van der Waals surface area contributed by atoms with Gasteiger partial charge in [0.25, 0.3) is 0 Å². The summed E-state index contributed by atoms with van der Waals surface area (Å²) >= 11 is 0. The molecule has 3 aromatic rings. The van der Waals surface area contributed by atoms with E-state index in [4.69, 9.17) is 10.4 Å². The molecule has 1 aromatic carbocycles. The van der Waals surface area contributed by atoms with Crippen LogP contribution < -0.4 is 10.2 Å². The molecule has 2 fully saturated rings. The third-order valence-electron chi connectivity index (χ3n) is 9.34. The number of benzene rings is 1. The molecule has 1 saturated heterocycles. The molecule has 1 saturated carbocycles. The van der Waals surface area contributed by atoms with Gasteiger partial charge in [-0.2, -0.15) is 0 Å². The highest BCUT2D eigenvalue weighted by Crippen LogP contribution is 2.56. The van der Waals surface area contributed by atoms with Crippen molar-refractivity contribution in [2.45, 2.75) is 38.6 Å². The monoisotopic (exact) mass is 580 g/mol. The number of aromatic nitrogens is 3. The number of nitrogens with one attached hydrogen (secondary N) is 2. The molecule has 43 heavy (non-hydrogen) atoms. The van der Waals surface area contributed by atoms with Gasteiger partial charge in [0.2, 0.25) is 5.95 Å². The summed E-state index contributed by atoms with van der Waals surface area (Å²) in [6, 6.07) is 11.7. The second-order valence-electron chi connectivity index (χ2n) is 11.9. The minimum Gasteiger partial charge on any atom is -0.337 e. The number of amides is 2. The topological polar surface area (TPSA) is 110 Å². The van der Waals surface area contributed by atoms with Crippen molar-refractivity contribution in [3.8, 4) is 0 Å². The Morgan fingerprint density at radius 3 is 2.60 bits per heavy atom. The Morgan fingerprint density at radius 2 is 1.91 bits per heavy atom. The number of piperazine rings is 1. The third-order valence-corrected chi connectivity index (χ3v) is 9.34. The summed E-state index contributed by atoms with van der Waals surface area (Å²) in [6.45, 7) is 4.84. The summed E-state index contributed by atoms with van der Waals surface area (Å²) in [5.41, 5.74) is 3.76. The van der Waals surface area contributed by atoms with Crippen LogP contribution in [0.3, 0.4) is 0 Å². The molecule has 9 nitrogen and oxygen atoms in total. The van der Waals surface area contributed by atoms with Crippen LogP contribution in [0.5, 0.6) is 0 Å². The SMILES string of the molecule is CC12CC(C=N)C(=Nc3ccc(F)cc3)C=C1CCC2CC(NC(=O)N1CCN(c2ncccn2)CC1)c1cccnc1. The van der Waals surface area contributed by atoms with Gasteiger partial charge in [-0.25, -0.2) is 19.2 Å². The van der Waals surface area contributed by atoms with Crippen LogP contribution in [-0.2, 0) is 0 Å². The van der Waals surface area contributed by atoms with Crippen LogP contribution in [0.1, 0.15) is 44.2 Å². The van der Waals surface area contributed by atoms with Crippen molar-refractivity contribution in [1.82, 2.24) is 25.2 Å². The number of hydrogen-bond donors (Lipinski definition) is 2. The van der Waals surface area contributed by atoms with E-state index in [0.717, 1.165) is 37.0 Å². The van der Waals surface area contributed by atoms with Crippen LogP contribution >= 0.6 is 0 Å². The molecule has 0 bridgehead atoms. The molecule has 0 spiro atoms. The van der Waals surface area contributed by atoms with E-state index in [1.807, 2.05) is 23.2 Å². The highest BCUT2D eigenvalue weighted by molar-refractivity contribution is 6.08. The second kappa shape index (κ2) is 12.4. The summed E-state index contributed by atoms with van der Waals surface area (Å²) in [7, 11) is 0. The molecule has 3 heterocycles. The zero-order chi connectivity index (χ0) is 29.8. The average molecular weight is 581 g/mol. The van der Waals surface area contributed by atoms with Crippen molar-refractivity contribution in [3.05, 3.63) is 90.3 Å². The average Bonchev–Trinajstić information content (AvgIpc) is 3.36. The van der Waals surface area contributed by atoms with Crippen LogP contribution in [0, 0.1) is 28.5 Å². The Bertz CT molecular complexity index is 1490. The molecule has 6 rings (SSSR count). The molecule has 2 amide bonds. The maximum absolute atomic E-state index is 13.6. The number of rotatable bonds is 7. The molecule has 2 aliphatic carbocycles. The first kappa shape index (κ1) is 28.6. The van der Waals surface area contributed by atoms with Gasteiger partial charge in [0, 0.05) is 68.8 Å². The molecule has 222 valence electrons. The number of nitrogens with zero attached hydrogens (tertiary/aromatic N) is 6. The second-order valence-corrected chi connectivity index (χ2v) is 11.9. The Balaban J connectivity index is 1.18. The van der Waals surface area contributed by atoms with E-state index in [2.05, 4.69) is 38.2 Å². The van der Waals surface area contributed by atoms with Crippen molar-refractivity contribution >= 4 is 29.6 Å². The Kier molecular flexibility index (Phi) is 8.26. The number of pyridine rings is 1. The van der Waals surface area contributed by atoms with Gasteiger partial charge in [-0.1, -0.05) is 18.6 Å². The lowest BCUT2D eigenvalue weighted by Gasteiger charge is -2.41. The number of allylic oxidation sites excluding steroid dienone is 2. The largest absolute Gasteiger partial charge is 0.337 e. The Labute approximate surface area is 251 Å². The first-order valence-electron chi connectivity index (χ1n) is 15.0. The maximum atomic E-state index is 13.6. The number of halogens is 1. The van der Waals surface area contributed by atoms with E-state index in [-0.39, 0.29) is 29.2 Å². The van der Waals surface area contributed by atoms with Gasteiger partial charge in [-0.3, -0.25) is 9.98 Å². The normalized spacial score (nSPS) is 25.2. The number of aliphatic imine (C=N–C) groups is 1. The lowest BCUT2D eigenvalue weighted by molar-refractivity contribution is 0.178. The van der Waals surface area contributed by atoms with Gasteiger partial charge < -0.3 is 20.5 Å². The van der Waals surface area contributed by atoms with Gasteiger partial charge in [-0.15, -0.1) is 0 Å². The van der Waals surface area contributed by atoms with Crippen molar-refractivity contribution in [2.24, 2.45) is 22.2 Å². The number of carbonyl (C=O) groups is 1. The number of hydrogen-bond acceptors (Lipinski definition) is 7. The number of fused-ring (bicyclic) bond motifs is 1. The Morgan fingerprint density at radius 1 is 1.14 bits per heavy atom. The van der Waals surface area contributed by atoms with E-state index in [1.54, 1.807) is 36.8 Å². The van der Waals surface area contributed by atoms with Crippen molar-refractivity contribution in [3.63, 3.8) is 0 Å². The predicted molar refractivity (Wildman–Crippen MR) is 165 cm³/mol. The lowest BCUT2D eigenvalue weighted by atomic mass is 9.65. The van der Waals surface area contributed by atoms with Crippen LogP contribution in [-0.4, -0.2) is 64.0 Å². The number of urea groups is 1. The molecule has 4 atom stereocenters. The van der Waals surface area contributed by atoms with E-state index in [9.17, 15) is 9.18 Å². The van der Waals surface area contributed by atoms with Crippen LogP contribution in [0.4, 0.5) is 20.8 Å². The summed E-state index contributed by atoms with van der Waals surface area (Å²) < 4.78 is 13.4. The van der Waals surface area contributed by atoms with E-state index >= 15 is 0 Å². The fraction of sp³-hybridized carbons (Fsp3) is 0.394. The summed E-state index contributed by atoms with van der Waals surface area (Å²) in [5, 5.41) is 11.6. The minimum absolute atomic E-state index is 0.0730. The highest BCUT2D eigenvalue weighted by atomic mass is 19.1. The standard InChI is InChI=1S/C33H37FN8O/c1-33-20-24(21-35)30(39-28-9-7-27(34)8-10-28)19-26(33)6-5-25(33)18-29(23-4-2-11-36-22-23)40-32(43)42-16-14-41(15-17-42)31-37-12-3-13-38-31/h2-4,7-13,19,21-22,24-25,29,35H,5-6,14-18,20H2,1H3,(H,40,43). The predicted octanol–water partition coefficient (Wildman–Crippen LogP) is 5.76. The van der Waals surface area contributed by atoms with Gasteiger partial charge in [0.15, 0.2) is 0 Å². The fourth-order valence-corrected chi connectivity index (χ4v) is 6.83. The molecular weight excluding hydrogens is 543 g/mol. The smallest absolute Gasteiger partial charge is 0.318 e. The minimum atomic E-state index is -0.292. The van der Waals surface area contributed by atoms with E-state index < -0.39 is 0 Å². The van der Waals surface area contributed by atoms with Crippen molar-refractivity contribution in [2.75, 3.05) is 31.1 Å². The Hall–Kier alpha value is -4.47. The summed E-state index contributed by atoms with van der Waals surface area (Å²) in [5.74, 6) is 0.581. The quantitative estimate of drug-likeness (QED) is 0.346. The molecule has 10 heteroatoms. The zero-order valence-electron chi connectivity index (χ0n) is 24.4. The molecular formula is C33H37FN8O. The summed E-state index contributed by atoms with van der Waals surface area (Å²) in [4.78, 5) is 35.4. The molecule has 2 aromatic heterocycles. The molecule has 0 radical (unpaired) electrons. The van der Waals surface area contributed by atoms with E-state index in [0.29, 0.717) is 43.7 Å². The lowest BCUT2D eigenvalue weighted by Crippen LogP contribution is -2.53. The molecule has 3 aliphatic rings. The van der Waals surface area contributed by atoms with Gasteiger partial charge >= 0.3 is 6.03 Å². The van der Waals surface area contributed by atoms with E-state index in [1.165, 1.54) is 23.9 Å². The zero-order valence-corrected chi connectivity index (χ0v) is 24.4. The fourth-order valence-electron chi connectivity index (χ4n) is 6.83. The summed E-state index contributed by atoms with van der Waals surface area (Å²) in [6.07, 6.45) is 14.2. The first-order valence-corrected chi connectivity index (χ1v) is 15.0. The first-order chi connectivity index (χ1) is 20.9. The van der Waals surface area contributed by atoms with Gasteiger partial charge in [-0.05, 0) is 85.1 Å². The maximum Gasteiger partial charge on any atom is 0.318 e. The van der Waals surface area contributed by atoms with Crippen LogP contribution in [0.2, 0.25) is 0 Å². The number of carbonyl (C=O) groups excluding carboxylic acids is 1. The van der Waals surface area contributed by atoms with Crippen LogP contribution in [0.25, 0.3) is 0 Å². The number of anilines is 1. The molecule has 2 N–H and O–H groups in total. The molecule has 1 aliphatic heterocycles. The third kappa shape index (κ3) is 6.18. The van der Waals surface area contributed by atoms with Gasteiger partial charge in [0.05, 0.1) is 11.7 Å². The highest BCUT2D eigenvalue weighted by Gasteiger charge is 2.47. The van der Waals surface area contributed by atoms with Crippen LogP contribution in [0.15, 0.2) is 83.9 Å². The molecule has 4 unspecified atom stereocenters.